The molecule has 0 bridgehead atoms. The monoisotopic (exact) mass is 314 g/mol. The van der Waals surface area contributed by atoms with Crippen LogP contribution in [0.15, 0.2) is 53.3 Å². The van der Waals surface area contributed by atoms with Crippen molar-refractivity contribution in [2.45, 2.75) is 6.61 Å². The Morgan fingerprint density at radius 2 is 1.78 bits per heavy atom. The van der Waals surface area contributed by atoms with Crippen LogP contribution in [0.4, 0.5) is 8.78 Å². The van der Waals surface area contributed by atoms with Crippen LogP contribution in [0.3, 0.4) is 0 Å². The number of ether oxygens (including phenoxy) is 1. The Morgan fingerprint density at radius 3 is 2.61 bits per heavy atom. The second-order valence-electron chi connectivity index (χ2n) is 4.72. The number of alkyl halides is 2. The molecule has 0 saturated carbocycles. The summed E-state index contributed by atoms with van der Waals surface area (Å²) in [4.78, 5) is 19.0. The Morgan fingerprint density at radius 1 is 1.04 bits per heavy atom. The van der Waals surface area contributed by atoms with Gasteiger partial charge in [-0.15, -0.1) is 0 Å². The first-order chi connectivity index (χ1) is 11.1. The van der Waals surface area contributed by atoms with E-state index in [9.17, 15) is 13.6 Å². The van der Waals surface area contributed by atoms with Crippen LogP contribution in [0.25, 0.3) is 23.2 Å². The molecule has 0 radical (unpaired) electrons. The number of nitrogens with one attached hydrogen (secondary N) is 1. The topological polar surface area (TPSA) is 55.0 Å². The summed E-state index contributed by atoms with van der Waals surface area (Å²) in [6.07, 6.45) is 2.99. The highest BCUT2D eigenvalue weighted by Gasteiger charge is 2.07. The normalized spacial score (nSPS) is 11.4. The number of para-hydroxylation sites is 3. The Bertz CT molecular complexity index is 920. The Balaban J connectivity index is 1.97. The second-order valence-corrected chi connectivity index (χ2v) is 4.72. The van der Waals surface area contributed by atoms with Crippen LogP contribution in [0.2, 0.25) is 0 Å². The fourth-order valence-electron chi connectivity index (χ4n) is 2.15. The molecule has 3 aromatic rings. The van der Waals surface area contributed by atoms with Crippen molar-refractivity contribution in [1.29, 1.82) is 0 Å². The highest BCUT2D eigenvalue weighted by molar-refractivity contribution is 5.77. The van der Waals surface area contributed by atoms with Crippen molar-refractivity contribution in [3.8, 4) is 5.75 Å². The Hall–Kier alpha value is -3.02. The van der Waals surface area contributed by atoms with Crippen LogP contribution in [0.5, 0.6) is 5.75 Å². The summed E-state index contributed by atoms with van der Waals surface area (Å²) in [7, 11) is 0. The van der Waals surface area contributed by atoms with Gasteiger partial charge >= 0.3 is 6.61 Å². The van der Waals surface area contributed by atoms with E-state index in [4.69, 9.17) is 0 Å². The molecule has 23 heavy (non-hydrogen) atoms. The minimum Gasteiger partial charge on any atom is -0.434 e. The molecular formula is C17H12F2N2O2. The van der Waals surface area contributed by atoms with Crippen LogP contribution < -0.4 is 10.3 Å². The molecule has 4 nitrogen and oxygen atoms in total. The summed E-state index contributed by atoms with van der Waals surface area (Å²) >= 11 is 0. The molecule has 0 saturated heterocycles. The highest BCUT2D eigenvalue weighted by Crippen LogP contribution is 2.22. The molecular weight excluding hydrogens is 302 g/mol. The summed E-state index contributed by atoms with van der Waals surface area (Å²) in [6, 6.07) is 13.5. The molecule has 6 heteroatoms. The van der Waals surface area contributed by atoms with Gasteiger partial charge < -0.3 is 9.72 Å². The zero-order chi connectivity index (χ0) is 16.2. The predicted octanol–water partition coefficient (Wildman–Crippen LogP) is 3.69. The molecule has 0 unspecified atom stereocenters. The van der Waals surface area contributed by atoms with Crippen molar-refractivity contribution < 1.29 is 13.5 Å². The van der Waals surface area contributed by atoms with E-state index in [0.29, 0.717) is 16.6 Å². The largest absolute Gasteiger partial charge is 0.434 e. The summed E-state index contributed by atoms with van der Waals surface area (Å²) < 4.78 is 29.2. The lowest BCUT2D eigenvalue weighted by Crippen LogP contribution is -2.11. The summed E-state index contributed by atoms with van der Waals surface area (Å²) in [5.74, 6) is 0.0379. The first-order valence-electron chi connectivity index (χ1n) is 6.84. The molecule has 2 aromatic carbocycles. The number of H-pyrrole nitrogens is 1. The molecule has 1 aromatic heterocycles. The smallest absolute Gasteiger partial charge is 0.387 e. The fourth-order valence-corrected chi connectivity index (χ4v) is 2.15. The molecule has 0 aliphatic carbocycles. The van der Waals surface area contributed by atoms with Gasteiger partial charge in [-0.05, 0) is 30.4 Å². The summed E-state index contributed by atoms with van der Waals surface area (Å²) in [6.45, 7) is -2.91. The third kappa shape index (κ3) is 3.42. The average Bonchev–Trinajstić information content (AvgIpc) is 2.53. The van der Waals surface area contributed by atoms with E-state index in [-0.39, 0.29) is 17.0 Å². The first-order valence-corrected chi connectivity index (χ1v) is 6.84. The number of benzene rings is 2. The highest BCUT2D eigenvalue weighted by atomic mass is 19.3. The summed E-state index contributed by atoms with van der Waals surface area (Å²) in [5.41, 5.74) is 1.55. The third-order valence-electron chi connectivity index (χ3n) is 3.18. The van der Waals surface area contributed by atoms with E-state index >= 15 is 0 Å². The van der Waals surface area contributed by atoms with Gasteiger partial charge in [0.05, 0.1) is 11.0 Å². The number of rotatable bonds is 4. The molecule has 0 aliphatic heterocycles. The number of aromatic amines is 1. The maximum atomic E-state index is 12.4. The van der Waals surface area contributed by atoms with E-state index in [1.165, 1.54) is 18.2 Å². The maximum absolute atomic E-state index is 12.4. The minimum absolute atomic E-state index is 0.0379. The van der Waals surface area contributed by atoms with Gasteiger partial charge in [-0.25, -0.2) is 4.98 Å². The predicted molar refractivity (Wildman–Crippen MR) is 84.4 cm³/mol. The van der Waals surface area contributed by atoms with E-state index in [0.717, 1.165) is 0 Å². The van der Waals surface area contributed by atoms with Crippen molar-refractivity contribution in [2.75, 3.05) is 0 Å². The van der Waals surface area contributed by atoms with Crippen molar-refractivity contribution in [3.63, 3.8) is 0 Å². The quantitative estimate of drug-likeness (QED) is 0.799. The standard InChI is InChI=1S/C17H12F2N2O2/c18-17(19)23-15-8-4-1-5-11(15)9-10-14-16(22)21-13-7-3-2-6-12(13)20-14/h1-10,17H,(H,21,22)/b10-9+. The van der Waals surface area contributed by atoms with Gasteiger partial charge in [-0.3, -0.25) is 4.79 Å². The lowest BCUT2D eigenvalue weighted by molar-refractivity contribution is -0.0499. The van der Waals surface area contributed by atoms with Gasteiger partial charge in [0.15, 0.2) is 0 Å². The van der Waals surface area contributed by atoms with Crippen molar-refractivity contribution in [1.82, 2.24) is 9.97 Å². The SMILES string of the molecule is O=c1[nH]c2ccccc2nc1/C=C/c1ccccc1OC(F)F. The van der Waals surface area contributed by atoms with Gasteiger partial charge in [0, 0.05) is 5.56 Å². The Kier molecular flexibility index (Phi) is 4.14. The molecule has 116 valence electrons. The molecule has 0 atom stereocenters. The maximum Gasteiger partial charge on any atom is 0.387 e. The van der Waals surface area contributed by atoms with Crippen molar-refractivity contribution in [3.05, 3.63) is 70.1 Å². The van der Waals surface area contributed by atoms with Crippen LogP contribution in [0, 0.1) is 0 Å². The van der Waals surface area contributed by atoms with Crippen LogP contribution in [-0.2, 0) is 0 Å². The van der Waals surface area contributed by atoms with Crippen molar-refractivity contribution in [2.24, 2.45) is 0 Å². The number of nitrogens with zero attached hydrogens (tertiary/aromatic N) is 1. The van der Waals surface area contributed by atoms with Crippen LogP contribution in [-0.4, -0.2) is 16.6 Å². The van der Waals surface area contributed by atoms with E-state index in [2.05, 4.69) is 14.7 Å². The fraction of sp³-hybridized carbons (Fsp3) is 0.0588. The zero-order valence-corrected chi connectivity index (χ0v) is 11.9. The first kappa shape index (κ1) is 14.9. The number of hydrogen-bond acceptors (Lipinski definition) is 3. The number of hydrogen-bond donors (Lipinski definition) is 1. The molecule has 0 aliphatic rings. The van der Waals surface area contributed by atoms with Crippen molar-refractivity contribution >= 4 is 23.2 Å². The second kappa shape index (κ2) is 6.39. The third-order valence-corrected chi connectivity index (χ3v) is 3.18. The number of halogens is 2. The van der Waals surface area contributed by atoms with Gasteiger partial charge in [-0.1, -0.05) is 30.3 Å². The van der Waals surface area contributed by atoms with Crippen LogP contribution in [0.1, 0.15) is 11.3 Å². The lowest BCUT2D eigenvalue weighted by Gasteiger charge is -2.07. The van der Waals surface area contributed by atoms with Gasteiger partial charge in [-0.2, -0.15) is 8.78 Å². The Labute approximate surface area is 130 Å². The molecule has 1 N–H and O–H groups in total. The van der Waals surface area contributed by atoms with Crippen LogP contribution >= 0.6 is 0 Å². The molecule has 0 spiro atoms. The van der Waals surface area contributed by atoms with Gasteiger partial charge in [0.1, 0.15) is 11.4 Å². The van der Waals surface area contributed by atoms with E-state index in [1.54, 1.807) is 36.4 Å². The number of aromatic nitrogens is 2. The molecule has 3 rings (SSSR count). The number of fused-ring (bicyclic) bond motifs is 1. The molecule has 0 fully saturated rings. The lowest BCUT2D eigenvalue weighted by atomic mass is 10.1. The average molecular weight is 314 g/mol. The minimum atomic E-state index is -2.91. The van der Waals surface area contributed by atoms with Gasteiger partial charge in [0.25, 0.3) is 5.56 Å². The molecule has 0 amide bonds. The van der Waals surface area contributed by atoms with Gasteiger partial charge in [0.2, 0.25) is 0 Å². The zero-order valence-electron chi connectivity index (χ0n) is 11.9. The summed E-state index contributed by atoms with van der Waals surface area (Å²) in [5, 5.41) is 0. The van der Waals surface area contributed by atoms with E-state index in [1.807, 2.05) is 6.07 Å². The van der Waals surface area contributed by atoms with E-state index < -0.39 is 6.61 Å². The molecule has 1 heterocycles.